The van der Waals surface area contributed by atoms with Gasteiger partial charge in [0.2, 0.25) is 0 Å². The van der Waals surface area contributed by atoms with Crippen molar-refractivity contribution in [1.29, 1.82) is 0 Å². The van der Waals surface area contributed by atoms with E-state index in [0.717, 1.165) is 6.42 Å². The third-order valence-electron chi connectivity index (χ3n) is 3.55. The molecular formula is C16H30O5U. The summed E-state index contributed by atoms with van der Waals surface area (Å²) in [6.07, 6.45) is 3.54. The molecular weight excluding hydrogens is 510 g/mol. The molecule has 5 nitrogen and oxygen atoms in total. The Hall–Kier alpha value is 0.562. The maximum Gasteiger partial charge on any atom is 2.00 e. The van der Waals surface area contributed by atoms with Gasteiger partial charge in [0, 0.05) is 27.2 Å². The van der Waals surface area contributed by atoms with Gasteiger partial charge in [0.05, 0.1) is 18.8 Å². The van der Waals surface area contributed by atoms with Crippen LogP contribution in [0.4, 0.5) is 0 Å². The van der Waals surface area contributed by atoms with Crippen LogP contribution in [0, 0.1) is 44.0 Å². The molecule has 1 rings (SSSR count). The summed E-state index contributed by atoms with van der Waals surface area (Å²) >= 11 is 0. The number of rotatable bonds is 7. The van der Waals surface area contributed by atoms with Gasteiger partial charge in [-0.15, -0.1) is 0 Å². The Morgan fingerprint density at radius 2 is 1.68 bits per heavy atom. The predicted molar refractivity (Wildman–Crippen MR) is 81.9 cm³/mol. The predicted octanol–water partition coefficient (Wildman–Crippen LogP) is 2.19. The summed E-state index contributed by atoms with van der Waals surface area (Å²) in [6.45, 7) is 8.01. The van der Waals surface area contributed by atoms with Gasteiger partial charge in [-0.25, -0.2) is 0 Å². The van der Waals surface area contributed by atoms with E-state index in [-0.39, 0.29) is 61.4 Å². The summed E-state index contributed by atoms with van der Waals surface area (Å²) in [4.78, 5) is 10.4. The fourth-order valence-electron chi connectivity index (χ4n) is 2.61. The molecule has 0 amide bonds. The van der Waals surface area contributed by atoms with Gasteiger partial charge >= 0.3 is 31.1 Å². The number of ether oxygens (including phenoxy) is 4. The summed E-state index contributed by atoms with van der Waals surface area (Å²) in [5, 5.41) is 0. The number of hydrogen-bond acceptors (Lipinski definition) is 5. The van der Waals surface area contributed by atoms with E-state index in [2.05, 4.69) is 13.8 Å². The van der Waals surface area contributed by atoms with Crippen LogP contribution in [0.1, 0.15) is 33.1 Å². The SMILES string of the molecule is COCC1OC(CC[C-]=O)C(C)C(OC)C1OC.[CH2-]CC.[U+2]. The van der Waals surface area contributed by atoms with Crippen molar-refractivity contribution in [2.75, 3.05) is 27.9 Å². The van der Waals surface area contributed by atoms with Crippen molar-refractivity contribution in [3.63, 3.8) is 0 Å². The van der Waals surface area contributed by atoms with Gasteiger partial charge in [-0.1, -0.05) is 20.3 Å². The first kappa shape index (κ1) is 24.8. The summed E-state index contributed by atoms with van der Waals surface area (Å²) < 4.78 is 22.1. The van der Waals surface area contributed by atoms with E-state index in [9.17, 15) is 4.79 Å². The second-order valence-corrected chi connectivity index (χ2v) is 5.11. The number of hydrogen-bond donors (Lipinski definition) is 0. The first-order valence-corrected chi connectivity index (χ1v) is 7.45. The zero-order chi connectivity index (χ0) is 16.3. The third-order valence-corrected chi connectivity index (χ3v) is 3.55. The van der Waals surface area contributed by atoms with E-state index < -0.39 is 0 Å². The number of carbonyl (C=O) groups excluding carboxylic acids is 1. The van der Waals surface area contributed by atoms with Gasteiger partial charge in [0.1, 0.15) is 12.2 Å². The van der Waals surface area contributed by atoms with Gasteiger partial charge < -0.3 is 30.7 Å². The van der Waals surface area contributed by atoms with Gasteiger partial charge in [0.25, 0.3) is 0 Å². The molecule has 0 N–H and O–H groups in total. The van der Waals surface area contributed by atoms with E-state index >= 15 is 0 Å². The average molecular weight is 540 g/mol. The van der Waals surface area contributed by atoms with Crippen molar-refractivity contribution >= 4 is 6.29 Å². The van der Waals surface area contributed by atoms with Gasteiger partial charge in [-0.05, 0) is 0 Å². The zero-order valence-electron chi connectivity index (χ0n) is 14.5. The molecule has 0 spiro atoms. The summed E-state index contributed by atoms with van der Waals surface area (Å²) in [5.74, 6) is 0.168. The molecule has 5 atom stereocenters. The zero-order valence-corrected chi connectivity index (χ0v) is 18.6. The molecule has 6 heteroatoms. The van der Waals surface area contributed by atoms with Crippen molar-refractivity contribution in [2.24, 2.45) is 5.92 Å². The smallest absolute Gasteiger partial charge is 0.542 e. The van der Waals surface area contributed by atoms with Crippen LogP contribution >= 0.6 is 0 Å². The van der Waals surface area contributed by atoms with Crippen LogP contribution in [-0.2, 0) is 23.7 Å². The third kappa shape index (κ3) is 7.90. The molecule has 0 bridgehead atoms. The molecule has 0 aromatic heterocycles. The van der Waals surface area contributed by atoms with E-state index in [0.29, 0.717) is 19.4 Å². The maximum absolute atomic E-state index is 10.4. The van der Waals surface area contributed by atoms with E-state index in [1.165, 1.54) is 0 Å². The largest absolute Gasteiger partial charge is 2.00 e. The van der Waals surface area contributed by atoms with E-state index in [1.54, 1.807) is 21.3 Å². The molecule has 128 valence electrons. The molecule has 0 aromatic rings. The van der Waals surface area contributed by atoms with Gasteiger partial charge in [0.15, 0.2) is 0 Å². The fraction of sp³-hybridized carbons (Fsp3) is 0.875. The Morgan fingerprint density at radius 1 is 1.14 bits per heavy atom. The minimum atomic E-state index is -0.169. The summed E-state index contributed by atoms with van der Waals surface area (Å²) in [6, 6.07) is 0. The van der Waals surface area contributed by atoms with Crippen molar-refractivity contribution in [3.8, 4) is 0 Å². The maximum atomic E-state index is 10.4. The van der Waals surface area contributed by atoms with Crippen molar-refractivity contribution < 1.29 is 54.9 Å². The molecule has 1 aliphatic rings. The van der Waals surface area contributed by atoms with E-state index in [1.807, 2.05) is 13.2 Å². The summed E-state index contributed by atoms with van der Waals surface area (Å²) in [5.41, 5.74) is 0. The standard InChI is InChI=1S/C13H23O5.C3H7.U/c1-9-10(6-5-7-14)18-11(8-15-2)13(17-4)12(9)16-3;1-3-2;/h9-13H,5-6,8H2,1-4H3;1,3H2,2H3;/q2*-1;+2. The van der Waals surface area contributed by atoms with Crippen LogP contribution in [0.3, 0.4) is 0 Å². The Labute approximate surface area is 159 Å². The Kier molecular flexibility index (Phi) is 17.0. The van der Waals surface area contributed by atoms with Crippen molar-refractivity contribution in [1.82, 2.24) is 0 Å². The Morgan fingerprint density at radius 3 is 2.09 bits per heavy atom. The molecule has 22 heavy (non-hydrogen) atoms. The fourth-order valence-corrected chi connectivity index (χ4v) is 2.61. The second kappa shape index (κ2) is 15.1. The van der Waals surface area contributed by atoms with Crippen LogP contribution in [0.25, 0.3) is 0 Å². The Balaban J connectivity index is 0. The monoisotopic (exact) mass is 540 g/mol. The topological polar surface area (TPSA) is 54.0 Å². The van der Waals surface area contributed by atoms with Crippen LogP contribution in [-0.4, -0.2) is 58.6 Å². The molecule has 0 aromatic carbocycles. The first-order valence-electron chi connectivity index (χ1n) is 7.45. The van der Waals surface area contributed by atoms with Crippen LogP contribution in [0.5, 0.6) is 0 Å². The number of methoxy groups -OCH3 is 3. The second-order valence-electron chi connectivity index (χ2n) is 5.11. The molecule has 1 fully saturated rings. The van der Waals surface area contributed by atoms with E-state index in [4.69, 9.17) is 18.9 Å². The Bertz CT molecular complexity index is 265. The molecule has 1 heterocycles. The molecule has 0 saturated carbocycles. The van der Waals surface area contributed by atoms with Crippen LogP contribution in [0.2, 0.25) is 0 Å². The average Bonchev–Trinajstić information content (AvgIpc) is 2.48. The van der Waals surface area contributed by atoms with Crippen molar-refractivity contribution in [2.45, 2.75) is 57.5 Å². The molecule has 0 aliphatic carbocycles. The minimum Gasteiger partial charge on any atom is -0.542 e. The first-order chi connectivity index (χ1) is 10.1. The molecule has 5 unspecified atom stereocenters. The van der Waals surface area contributed by atoms with Crippen LogP contribution < -0.4 is 0 Å². The van der Waals surface area contributed by atoms with Gasteiger partial charge in [-0.2, -0.15) is 12.8 Å². The molecule has 1 aliphatic heterocycles. The normalized spacial score (nSPS) is 30.7. The molecule has 0 radical (unpaired) electrons. The van der Waals surface area contributed by atoms with Crippen LogP contribution in [0.15, 0.2) is 0 Å². The van der Waals surface area contributed by atoms with Crippen molar-refractivity contribution in [3.05, 3.63) is 6.92 Å². The minimum absolute atomic E-state index is 0. The summed E-state index contributed by atoms with van der Waals surface area (Å²) in [7, 11) is 4.95. The van der Waals surface area contributed by atoms with Gasteiger partial charge in [-0.3, -0.25) is 6.29 Å². The quantitative estimate of drug-likeness (QED) is 0.464. The molecule has 1 saturated heterocycles.